The van der Waals surface area contributed by atoms with Crippen LogP contribution in [0.2, 0.25) is 5.02 Å². The number of hydrogen-bond acceptors (Lipinski definition) is 4. The van der Waals surface area contributed by atoms with E-state index in [0.717, 1.165) is 15.8 Å². The van der Waals surface area contributed by atoms with Crippen molar-refractivity contribution in [3.63, 3.8) is 0 Å². The summed E-state index contributed by atoms with van der Waals surface area (Å²) in [5.74, 6) is -0.317. The topological polar surface area (TPSA) is 68.0 Å². The van der Waals surface area contributed by atoms with Crippen LogP contribution in [0.15, 0.2) is 36.4 Å². The number of carbonyl (C=O) groups is 1. The van der Waals surface area contributed by atoms with Gasteiger partial charge in [0.25, 0.3) is 5.91 Å². The number of rotatable bonds is 2. The third kappa shape index (κ3) is 2.70. The summed E-state index contributed by atoms with van der Waals surface area (Å²) in [6.45, 7) is 2.02. The molecule has 3 N–H and O–H groups in total. The molecule has 106 valence electrons. The first-order valence-electron chi connectivity index (χ1n) is 6.27. The second-order valence-electron chi connectivity index (χ2n) is 4.65. The standard InChI is InChI=1S/C15H12ClN3OS/c1-8-5-6-11-12(7-8)21-15(18-11)19-14(20)9-3-2-4-10(17)13(9)16/h2-7H,17H2,1H3,(H,18,19,20). The van der Waals surface area contributed by atoms with E-state index in [1.54, 1.807) is 18.2 Å². The Morgan fingerprint density at radius 1 is 1.33 bits per heavy atom. The fraction of sp³-hybridized carbons (Fsp3) is 0.0667. The van der Waals surface area contributed by atoms with E-state index in [4.69, 9.17) is 17.3 Å². The lowest BCUT2D eigenvalue weighted by molar-refractivity contribution is 0.102. The fourth-order valence-electron chi connectivity index (χ4n) is 1.97. The van der Waals surface area contributed by atoms with Gasteiger partial charge in [0.05, 0.1) is 26.5 Å². The smallest absolute Gasteiger partial charge is 0.259 e. The molecule has 0 bridgehead atoms. The Labute approximate surface area is 130 Å². The van der Waals surface area contributed by atoms with Crippen LogP contribution in [0.25, 0.3) is 10.2 Å². The number of halogens is 1. The van der Waals surface area contributed by atoms with Gasteiger partial charge in [0, 0.05) is 0 Å². The Kier molecular flexibility index (Phi) is 3.53. The molecule has 4 nitrogen and oxygen atoms in total. The molecule has 0 unspecified atom stereocenters. The molecule has 2 aromatic carbocycles. The zero-order chi connectivity index (χ0) is 15.0. The molecule has 0 atom stereocenters. The fourth-order valence-corrected chi connectivity index (χ4v) is 3.15. The SMILES string of the molecule is Cc1ccc2nc(NC(=O)c3cccc(N)c3Cl)sc2c1. The van der Waals surface area contributed by atoms with Crippen LogP contribution in [0, 0.1) is 6.92 Å². The summed E-state index contributed by atoms with van der Waals surface area (Å²) < 4.78 is 1.03. The number of nitrogens with one attached hydrogen (secondary N) is 1. The number of hydrogen-bond donors (Lipinski definition) is 2. The van der Waals surface area contributed by atoms with E-state index >= 15 is 0 Å². The van der Waals surface area contributed by atoms with Gasteiger partial charge in [0.2, 0.25) is 0 Å². The van der Waals surface area contributed by atoms with Crippen molar-refractivity contribution >= 4 is 49.9 Å². The highest BCUT2D eigenvalue weighted by atomic mass is 35.5. The number of amides is 1. The summed E-state index contributed by atoms with van der Waals surface area (Å²) in [6.07, 6.45) is 0. The molecule has 0 saturated heterocycles. The number of nitrogens with zero attached hydrogens (tertiary/aromatic N) is 1. The molecular weight excluding hydrogens is 306 g/mol. The average molecular weight is 318 g/mol. The minimum atomic E-state index is -0.317. The molecule has 21 heavy (non-hydrogen) atoms. The zero-order valence-corrected chi connectivity index (χ0v) is 12.8. The molecule has 0 radical (unpaired) electrons. The quantitative estimate of drug-likeness (QED) is 0.699. The zero-order valence-electron chi connectivity index (χ0n) is 11.2. The summed E-state index contributed by atoms with van der Waals surface area (Å²) in [4.78, 5) is 16.6. The van der Waals surface area contributed by atoms with E-state index < -0.39 is 0 Å². The van der Waals surface area contributed by atoms with Crippen molar-refractivity contribution in [2.45, 2.75) is 6.92 Å². The van der Waals surface area contributed by atoms with Crippen molar-refractivity contribution in [2.75, 3.05) is 11.1 Å². The van der Waals surface area contributed by atoms with Gasteiger partial charge in [-0.15, -0.1) is 0 Å². The third-order valence-electron chi connectivity index (χ3n) is 3.04. The van der Waals surface area contributed by atoms with Gasteiger partial charge in [0.15, 0.2) is 5.13 Å². The lowest BCUT2D eigenvalue weighted by Crippen LogP contribution is -2.12. The van der Waals surface area contributed by atoms with E-state index in [0.29, 0.717) is 16.4 Å². The monoisotopic (exact) mass is 317 g/mol. The maximum atomic E-state index is 12.2. The molecule has 0 aliphatic heterocycles. The summed E-state index contributed by atoms with van der Waals surface area (Å²) in [5, 5.41) is 3.56. The van der Waals surface area contributed by atoms with Crippen LogP contribution in [0.5, 0.6) is 0 Å². The van der Waals surface area contributed by atoms with E-state index in [1.165, 1.54) is 11.3 Å². The predicted octanol–water partition coefficient (Wildman–Crippen LogP) is 4.09. The van der Waals surface area contributed by atoms with E-state index in [1.807, 2.05) is 25.1 Å². The van der Waals surface area contributed by atoms with Crippen molar-refractivity contribution in [3.8, 4) is 0 Å². The Hall–Kier alpha value is -2.11. The third-order valence-corrected chi connectivity index (χ3v) is 4.39. The number of thiazole rings is 1. The molecule has 1 heterocycles. The number of anilines is 2. The van der Waals surface area contributed by atoms with E-state index in [9.17, 15) is 4.79 Å². The summed E-state index contributed by atoms with van der Waals surface area (Å²) in [5.41, 5.74) is 8.44. The molecule has 1 amide bonds. The maximum absolute atomic E-state index is 12.2. The van der Waals surface area contributed by atoms with Gasteiger partial charge in [-0.2, -0.15) is 0 Å². The molecule has 6 heteroatoms. The Morgan fingerprint density at radius 2 is 2.14 bits per heavy atom. The molecule has 0 aliphatic carbocycles. The molecule has 0 fully saturated rings. The van der Waals surface area contributed by atoms with Crippen molar-refractivity contribution in [3.05, 3.63) is 52.5 Å². The second kappa shape index (κ2) is 5.35. The number of aryl methyl sites for hydroxylation is 1. The van der Waals surface area contributed by atoms with Gasteiger partial charge in [-0.05, 0) is 36.8 Å². The lowest BCUT2D eigenvalue weighted by Gasteiger charge is -2.05. The molecule has 0 saturated carbocycles. The number of nitrogens with two attached hydrogens (primary N) is 1. The lowest BCUT2D eigenvalue weighted by atomic mass is 10.2. The molecule has 0 aliphatic rings. The normalized spacial score (nSPS) is 10.8. The molecule has 3 aromatic rings. The van der Waals surface area contributed by atoms with Gasteiger partial charge in [-0.1, -0.05) is 35.1 Å². The van der Waals surface area contributed by atoms with E-state index in [2.05, 4.69) is 10.3 Å². The average Bonchev–Trinajstić information content (AvgIpc) is 2.83. The van der Waals surface area contributed by atoms with Crippen LogP contribution in [0.1, 0.15) is 15.9 Å². The van der Waals surface area contributed by atoms with Crippen LogP contribution < -0.4 is 11.1 Å². The van der Waals surface area contributed by atoms with Crippen LogP contribution >= 0.6 is 22.9 Å². The molecule has 1 aromatic heterocycles. The first kappa shape index (κ1) is 13.9. The largest absolute Gasteiger partial charge is 0.398 e. The van der Waals surface area contributed by atoms with Crippen LogP contribution in [-0.4, -0.2) is 10.9 Å². The van der Waals surface area contributed by atoms with E-state index in [-0.39, 0.29) is 10.9 Å². The number of fused-ring (bicyclic) bond motifs is 1. The van der Waals surface area contributed by atoms with Gasteiger partial charge in [0.1, 0.15) is 0 Å². The number of benzene rings is 2. The molecular formula is C15H12ClN3OS. The number of carbonyl (C=O) groups excluding carboxylic acids is 1. The Morgan fingerprint density at radius 3 is 2.95 bits per heavy atom. The number of aromatic nitrogens is 1. The van der Waals surface area contributed by atoms with Gasteiger partial charge >= 0.3 is 0 Å². The molecule has 3 rings (SSSR count). The van der Waals surface area contributed by atoms with Crippen LogP contribution in [0.4, 0.5) is 10.8 Å². The summed E-state index contributed by atoms with van der Waals surface area (Å²) in [7, 11) is 0. The summed E-state index contributed by atoms with van der Waals surface area (Å²) in [6, 6.07) is 10.9. The van der Waals surface area contributed by atoms with Gasteiger partial charge < -0.3 is 5.73 Å². The second-order valence-corrected chi connectivity index (χ2v) is 6.06. The van der Waals surface area contributed by atoms with Crippen molar-refractivity contribution in [2.24, 2.45) is 0 Å². The highest BCUT2D eigenvalue weighted by Crippen LogP contribution is 2.28. The Balaban J connectivity index is 1.91. The van der Waals surface area contributed by atoms with Crippen LogP contribution in [-0.2, 0) is 0 Å². The highest BCUT2D eigenvalue weighted by Gasteiger charge is 2.14. The van der Waals surface area contributed by atoms with Crippen molar-refractivity contribution < 1.29 is 4.79 Å². The van der Waals surface area contributed by atoms with Gasteiger partial charge in [-0.3, -0.25) is 10.1 Å². The highest BCUT2D eigenvalue weighted by molar-refractivity contribution is 7.22. The minimum Gasteiger partial charge on any atom is -0.398 e. The van der Waals surface area contributed by atoms with Crippen LogP contribution in [0.3, 0.4) is 0 Å². The first-order valence-corrected chi connectivity index (χ1v) is 7.46. The first-order chi connectivity index (χ1) is 10.0. The van der Waals surface area contributed by atoms with Crippen molar-refractivity contribution in [1.29, 1.82) is 0 Å². The predicted molar refractivity (Wildman–Crippen MR) is 88.2 cm³/mol. The van der Waals surface area contributed by atoms with Gasteiger partial charge in [-0.25, -0.2) is 4.98 Å². The maximum Gasteiger partial charge on any atom is 0.259 e. The Bertz CT molecular complexity index is 844. The summed E-state index contributed by atoms with van der Waals surface area (Å²) >= 11 is 7.48. The molecule has 0 spiro atoms. The minimum absolute atomic E-state index is 0.256. The van der Waals surface area contributed by atoms with Crippen molar-refractivity contribution in [1.82, 2.24) is 4.98 Å². The number of nitrogen functional groups attached to an aromatic ring is 1.